The maximum absolute atomic E-state index is 13.4. The highest BCUT2D eigenvalue weighted by Gasteiger charge is 2.26. The van der Waals surface area contributed by atoms with Gasteiger partial charge >= 0.3 is 0 Å². The third-order valence-corrected chi connectivity index (χ3v) is 5.59. The molecule has 0 aliphatic carbocycles. The Morgan fingerprint density at radius 1 is 0.963 bits per heavy atom. The summed E-state index contributed by atoms with van der Waals surface area (Å²) in [7, 11) is 1.87. The second kappa shape index (κ2) is 9.38. The summed E-state index contributed by atoms with van der Waals surface area (Å²) in [5.74, 6) is 0.932. The fourth-order valence-electron chi connectivity index (χ4n) is 3.08. The molecule has 0 saturated carbocycles. The number of rotatable bonds is 7. The van der Waals surface area contributed by atoms with Crippen LogP contribution in [0.15, 0.2) is 84.0 Å². The van der Waals surface area contributed by atoms with Crippen LogP contribution in [-0.2, 0) is 0 Å². The van der Waals surface area contributed by atoms with Gasteiger partial charge in [0.15, 0.2) is 0 Å². The normalized spacial score (nSPS) is 10.8. The first-order chi connectivity index (χ1) is 13.2. The molecule has 4 heteroatoms. The summed E-state index contributed by atoms with van der Waals surface area (Å²) in [6.45, 7) is 2.13. The van der Waals surface area contributed by atoms with Crippen LogP contribution < -0.4 is 0 Å². The Hall–Kier alpha value is -2.59. The zero-order chi connectivity index (χ0) is 19.1. The smallest absolute Gasteiger partial charge is 0.257 e. The first-order valence-corrected chi connectivity index (χ1v) is 10.2. The van der Waals surface area contributed by atoms with Gasteiger partial charge in [0, 0.05) is 13.2 Å². The lowest BCUT2D eigenvalue weighted by molar-refractivity contribution is 0.0751. The van der Waals surface area contributed by atoms with Gasteiger partial charge in [-0.25, -0.2) is 4.98 Å². The van der Waals surface area contributed by atoms with Crippen LogP contribution in [0.3, 0.4) is 0 Å². The average molecular weight is 377 g/mol. The fourth-order valence-corrected chi connectivity index (χ4v) is 3.93. The Morgan fingerprint density at radius 3 is 2.11 bits per heavy atom. The minimum Gasteiger partial charge on any atom is -0.330 e. The van der Waals surface area contributed by atoms with Crippen LogP contribution in [0.1, 0.15) is 40.9 Å². The highest BCUT2D eigenvalue weighted by atomic mass is 32.2. The summed E-state index contributed by atoms with van der Waals surface area (Å²) < 4.78 is 0. The zero-order valence-corrected chi connectivity index (χ0v) is 16.5. The molecule has 0 aliphatic rings. The van der Waals surface area contributed by atoms with Crippen LogP contribution in [-0.4, -0.2) is 28.6 Å². The van der Waals surface area contributed by atoms with Gasteiger partial charge in [-0.3, -0.25) is 4.79 Å². The molecule has 3 rings (SSSR count). The number of pyridine rings is 1. The van der Waals surface area contributed by atoms with E-state index in [-0.39, 0.29) is 11.9 Å². The quantitative estimate of drug-likeness (QED) is 0.514. The fraction of sp³-hybridized carbons (Fsp3) is 0.217. The summed E-state index contributed by atoms with van der Waals surface area (Å²) in [6.07, 6.45) is 2.79. The van der Waals surface area contributed by atoms with Gasteiger partial charge < -0.3 is 4.90 Å². The molecular formula is C23H24N2OS. The zero-order valence-electron chi connectivity index (χ0n) is 15.7. The summed E-state index contributed by atoms with van der Waals surface area (Å²) >= 11 is 1.64. The van der Waals surface area contributed by atoms with Crippen LogP contribution in [0.4, 0.5) is 0 Å². The Labute approximate surface area is 165 Å². The molecule has 0 radical (unpaired) electrons. The molecular weight excluding hydrogens is 352 g/mol. The average Bonchev–Trinajstić information content (AvgIpc) is 2.73. The predicted molar refractivity (Wildman–Crippen MR) is 112 cm³/mol. The van der Waals surface area contributed by atoms with Crippen LogP contribution in [0.5, 0.6) is 0 Å². The van der Waals surface area contributed by atoms with Crippen molar-refractivity contribution in [2.75, 3.05) is 12.8 Å². The number of amides is 1. The third-order valence-electron chi connectivity index (χ3n) is 4.38. The Morgan fingerprint density at radius 2 is 1.56 bits per heavy atom. The van der Waals surface area contributed by atoms with E-state index in [1.54, 1.807) is 18.0 Å². The van der Waals surface area contributed by atoms with Gasteiger partial charge in [-0.15, -0.1) is 11.8 Å². The molecule has 0 saturated heterocycles. The van der Waals surface area contributed by atoms with Gasteiger partial charge in [0.25, 0.3) is 5.91 Å². The Kier molecular flexibility index (Phi) is 6.66. The molecule has 0 aliphatic heterocycles. The minimum atomic E-state index is -0.149. The van der Waals surface area contributed by atoms with Gasteiger partial charge in [-0.05, 0) is 35.4 Å². The number of aromatic nitrogens is 1. The molecule has 1 aromatic heterocycles. The second-order valence-corrected chi connectivity index (χ2v) is 7.43. The van der Waals surface area contributed by atoms with Crippen molar-refractivity contribution in [3.8, 4) is 0 Å². The Bertz CT molecular complexity index is 828. The number of hydrogen-bond donors (Lipinski definition) is 0. The number of nitrogens with zero attached hydrogens (tertiary/aromatic N) is 2. The second-order valence-electron chi connectivity index (χ2n) is 6.34. The van der Waals surface area contributed by atoms with E-state index < -0.39 is 0 Å². The molecule has 2 aromatic carbocycles. The Balaban J connectivity index is 1.98. The number of benzene rings is 2. The molecule has 1 heterocycles. The van der Waals surface area contributed by atoms with Gasteiger partial charge in [0.1, 0.15) is 5.03 Å². The standard InChI is InChI=1S/C23H24N2OS/c1-3-17-27-22-20(15-10-16-24-22)23(26)25(2)21(18-11-6-4-7-12-18)19-13-8-5-9-14-19/h4-16,21H,3,17H2,1-2H3. The summed E-state index contributed by atoms with van der Waals surface area (Å²) in [5, 5.41) is 0.802. The molecule has 138 valence electrons. The highest BCUT2D eigenvalue weighted by Crippen LogP contribution is 2.30. The van der Waals surface area contributed by atoms with Gasteiger partial charge in [0.05, 0.1) is 11.6 Å². The van der Waals surface area contributed by atoms with E-state index in [0.29, 0.717) is 5.56 Å². The SMILES string of the molecule is CCCSc1ncccc1C(=O)N(C)C(c1ccccc1)c1ccccc1. The topological polar surface area (TPSA) is 33.2 Å². The molecule has 27 heavy (non-hydrogen) atoms. The molecule has 3 aromatic rings. The molecule has 0 bridgehead atoms. The minimum absolute atomic E-state index is 0.0144. The van der Waals surface area contributed by atoms with E-state index >= 15 is 0 Å². The predicted octanol–water partition coefficient (Wildman–Crippen LogP) is 5.45. The number of thioether (sulfide) groups is 1. The number of carbonyl (C=O) groups excluding carboxylic acids is 1. The van der Waals surface area contributed by atoms with Crippen molar-refractivity contribution in [3.05, 3.63) is 95.7 Å². The number of hydrogen-bond acceptors (Lipinski definition) is 3. The van der Waals surface area contributed by atoms with E-state index in [9.17, 15) is 4.79 Å². The maximum Gasteiger partial charge on any atom is 0.257 e. The van der Waals surface area contributed by atoms with Crippen molar-refractivity contribution in [2.24, 2.45) is 0 Å². The molecule has 1 amide bonds. The highest BCUT2D eigenvalue weighted by molar-refractivity contribution is 7.99. The van der Waals surface area contributed by atoms with Crippen molar-refractivity contribution < 1.29 is 4.79 Å². The lowest BCUT2D eigenvalue weighted by Crippen LogP contribution is -2.32. The van der Waals surface area contributed by atoms with Crippen molar-refractivity contribution in [1.29, 1.82) is 0 Å². The summed E-state index contributed by atoms with van der Waals surface area (Å²) in [6, 6.07) is 23.8. The van der Waals surface area contributed by atoms with E-state index in [0.717, 1.165) is 28.3 Å². The van der Waals surface area contributed by atoms with Gasteiger partial charge in [0.2, 0.25) is 0 Å². The lowest BCUT2D eigenvalue weighted by atomic mass is 9.97. The molecule has 0 spiro atoms. The van der Waals surface area contributed by atoms with Crippen molar-refractivity contribution >= 4 is 17.7 Å². The van der Waals surface area contributed by atoms with E-state index in [1.807, 2.05) is 60.5 Å². The molecule has 0 unspecified atom stereocenters. The first kappa shape index (κ1) is 19.2. The van der Waals surface area contributed by atoms with Crippen LogP contribution in [0, 0.1) is 0 Å². The van der Waals surface area contributed by atoms with E-state index in [4.69, 9.17) is 0 Å². The molecule has 0 atom stereocenters. The molecule has 3 nitrogen and oxygen atoms in total. The number of carbonyl (C=O) groups is 1. The van der Waals surface area contributed by atoms with Crippen LogP contribution in [0.25, 0.3) is 0 Å². The molecule has 0 fully saturated rings. The third kappa shape index (κ3) is 4.58. The van der Waals surface area contributed by atoms with Crippen molar-refractivity contribution in [2.45, 2.75) is 24.4 Å². The maximum atomic E-state index is 13.4. The monoisotopic (exact) mass is 376 g/mol. The lowest BCUT2D eigenvalue weighted by Gasteiger charge is -2.29. The first-order valence-electron chi connectivity index (χ1n) is 9.17. The van der Waals surface area contributed by atoms with E-state index in [2.05, 4.69) is 36.2 Å². The molecule has 0 N–H and O–H groups in total. The van der Waals surface area contributed by atoms with Crippen LogP contribution in [0.2, 0.25) is 0 Å². The van der Waals surface area contributed by atoms with Gasteiger partial charge in [-0.1, -0.05) is 67.6 Å². The summed E-state index contributed by atoms with van der Waals surface area (Å²) in [5.41, 5.74) is 2.84. The van der Waals surface area contributed by atoms with Crippen molar-refractivity contribution in [1.82, 2.24) is 9.88 Å². The van der Waals surface area contributed by atoms with Crippen LogP contribution >= 0.6 is 11.8 Å². The largest absolute Gasteiger partial charge is 0.330 e. The van der Waals surface area contributed by atoms with Gasteiger partial charge in [-0.2, -0.15) is 0 Å². The van der Waals surface area contributed by atoms with Crippen molar-refractivity contribution in [3.63, 3.8) is 0 Å². The summed E-state index contributed by atoms with van der Waals surface area (Å²) in [4.78, 5) is 19.6. The van der Waals surface area contributed by atoms with E-state index in [1.165, 1.54) is 0 Å².